The average molecular weight is 357 g/mol. The number of aromatic nitrogens is 2. The van der Waals surface area contributed by atoms with Gasteiger partial charge in [-0.15, -0.1) is 10.2 Å². The van der Waals surface area contributed by atoms with E-state index in [9.17, 15) is 4.79 Å². The van der Waals surface area contributed by atoms with Crippen molar-refractivity contribution in [3.63, 3.8) is 0 Å². The minimum Gasteiger partial charge on any atom is -0.411 e. The fourth-order valence-corrected chi connectivity index (χ4v) is 3.49. The zero-order chi connectivity index (χ0) is 17.5. The maximum Gasteiger partial charge on any atom is 0.277 e. The van der Waals surface area contributed by atoms with Crippen molar-refractivity contribution >= 4 is 17.7 Å². The van der Waals surface area contributed by atoms with E-state index in [0.717, 1.165) is 12.0 Å². The van der Waals surface area contributed by atoms with Crippen molar-refractivity contribution in [2.45, 2.75) is 49.5 Å². The molecule has 3 rings (SSSR count). The zero-order valence-corrected chi connectivity index (χ0v) is 15.2. The molecule has 0 unspecified atom stereocenters. The first kappa shape index (κ1) is 17.7. The Hall–Kier alpha value is -2.08. The number of thioether (sulfide) groups is 1. The van der Waals surface area contributed by atoms with Crippen molar-refractivity contribution in [3.05, 3.63) is 42.0 Å². The summed E-state index contributed by atoms with van der Waals surface area (Å²) in [5.41, 5.74) is 2.34. The minimum absolute atomic E-state index is 0.000806. The van der Waals surface area contributed by atoms with Gasteiger partial charge in [0.25, 0.3) is 5.22 Å². The zero-order valence-electron chi connectivity index (χ0n) is 14.4. The molecule has 0 saturated heterocycles. The van der Waals surface area contributed by atoms with E-state index >= 15 is 0 Å². The van der Waals surface area contributed by atoms with Gasteiger partial charge in [-0.25, -0.2) is 0 Å². The summed E-state index contributed by atoms with van der Waals surface area (Å²) in [6, 6.07) is 9.61. The van der Waals surface area contributed by atoms with E-state index in [4.69, 9.17) is 4.42 Å². The molecule has 1 aliphatic rings. The number of carbonyl (C=O) groups is 1. The Morgan fingerprint density at radius 2 is 2.12 bits per heavy atom. The number of hydrogen-bond acceptors (Lipinski definition) is 5. The fourth-order valence-electron chi connectivity index (χ4n) is 2.78. The van der Waals surface area contributed by atoms with Crippen LogP contribution in [0.4, 0.5) is 0 Å². The molecule has 1 heterocycles. The first-order valence-corrected chi connectivity index (χ1v) is 9.61. The Balaban J connectivity index is 1.46. The van der Waals surface area contributed by atoms with Gasteiger partial charge in [0.2, 0.25) is 11.8 Å². The van der Waals surface area contributed by atoms with Gasteiger partial charge in [0.15, 0.2) is 0 Å². The molecule has 1 amide bonds. The van der Waals surface area contributed by atoms with Crippen LogP contribution in [0.2, 0.25) is 0 Å². The molecule has 1 aromatic heterocycles. The smallest absolute Gasteiger partial charge is 0.277 e. The molecule has 6 heteroatoms. The van der Waals surface area contributed by atoms with Crippen LogP contribution >= 0.6 is 11.8 Å². The van der Waals surface area contributed by atoms with Crippen molar-refractivity contribution < 1.29 is 9.21 Å². The highest BCUT2D eigenvalue weighted by molar-refractivity contribution is 8.00. The monoisotopic (exact) mass is 357 g/mol. The van der Waals surface area contributed by atoms with E-state index in [1.165, 1.54) is 43.0 Å². The van der Waals surface area contributed by atoms with Crippen molar-refractivity contribution in [2.75, 3.05) is 6.54 Å². The lowest BCUT2D eigenvalue weighted by molar-refractivity contribution is -0.120. The van der Waals surface area contributed by atoms with Crippen LogP contribution in [0.3, 0.4) is 0 Å². The number of nitrogens with zero attached hydrogens (tertiary/aromatic N) is 2. The first-order chi connectivity index (χ1) is 12.2. The van der Waals surface area contributed by atoms with Gasteiger partial charge in [0.1, 0.15) is 0 Å². The van der Waals surface area contributed by atoms with Gasteiger partial charge in [0, 0.05) is 12.1 Å². The summed E-state index contributed by atoms with van der Waals surface area (Å²) in [7, 11) is 0. The largest absolute Gasteiger partial charge is 0.411 e. The number of carbonyl (C=O) groups excluding carboxylic acids is 1. The van der Waals surface area contributed by atoms with Crippen LogP contribution in [0.25, 0.3) is 11.5 Å². The molecule has 5 nitrogen and oxygen atoms in total. The highest BCUT2D eigenvalue weighted by Crippen LogP contribution is 2.26. The maximum atomic E-state index is 12.2. The van der Waals surface area contributed by atoms with Crippen LogP contribution in [0.1, 0.15) is 39.0 Å². The van der Waals surface area contributed by atoms with Crippen molar-refractivity contribution in [2.24, 2.45) is 0 Å². The Labute approximate surface area is 152 Å². The molecule has 1 N–H and O–H groups in total. The number of allylic oxidation sites excluding steroid dienone is 1. The third-order valence-corrected chi connectivity index (χ3v) is 5.14. The quantitative estimate of drug-likeness (QED) is 0.593. The molecule has 0 bridgehead atoms. The molecule has 0 fully saturated rings. The Morgan fingerprint density at radius 3 is 2.88 bits per heavy atom. The van der Waals surface area contributed by atoms with Crippen LogP contribution in [-0.2, 0) is 4.79 Å². The van der Waals surface area contributed by atoms with Gasteiger partial charge >= 0.3 is 0 Å². The van der Waals surface area contributed by atoms with Gasteiger partial charge in [0.05, 0.1) is 5.25 Å². The van der Waals surface area contributed by atoms with Gasteiger partial charge in [-0.1, -0.05) is 41.6 Å². The molecular weight excluding hydrogens is 334 g/mol. The van der Waals surface area contributed by atoms with E-state index < -0.39 is 0 Å². The lowest BCUT2D eigenvalue weighted by Crippen LogP contribution is -2.31. The molecule has 0 radical (unpaired) electrons. The second-order valence-electron chi connectivity index (χ2n) is 6.15. The van der Waals surface area contributed by atoms with Crippen LogP contribution < -0.4 is 5.32 Å². The van der Waals surface area contributed by atoms with E-state index in [0.29, 0.717) is 17.7 Å². The van der Waals surface area contributed by atoms with E-state index in [1.54, 1.807) is 0 Å². The molecule has 1 aromatic carbocycles. The number of amides is 1. The molecule has 0 saturated carbocycles. The molecule has 1 aliphatic carbocycles. The molecular formula is C19H23N3O2S. The van der Waals surface area contributed by atoms with Gasteiger partial charge in [-0.3, -0.25) is 4.79 Å². The number of nitrogens with one attached hydrogen (secondary N) is 1. The predicted molar refractivity (Wildman–Crippen MR) is 99.2 cm³/mol. The topological polar surface area (TPSA) is 68.0 Å². The van der Waals surface area contributed by atoms with Crippen molar-refractivity contribution in [1.29, 1.82) is 0 Å². The van der Waals surface area contributed by atoms with E-state index in [1.807, 2.05) is 37.3 Å². The standard InChI is InChI=1S/C19H23N3O2S/c1-14(17(23)20-13-12-15-8-4-2-5-9-15)25-19-22-21-18(24-19)16-10-6-3-7-11-16/h3,6-8,10-11,14H,2,4-5,9,12-13H2,1H3,(H,20,23)/t14-/m0/s1. The summed E-state index contributed by atoms with van der Waals surface area (Å²) < 4.78 is 5.64. The van der Waals surface area contributed by atoms with Crippen LogP contribution in [0.5, 0.6) is 0 Å². The Bertz CT molecular complexity index is 727. The van der Waals surface area contributed by atoms with Crippen molar-refractivity contribution in [1.82, 2.24) is 15.5 Å². The molecule has 2 aromatic rings. The van der Waals surface area contributed by atoms with E-state index in [2.05, 4.69) is 21.6 Å². The highest BCUT2D eigenvalue weighted by atomic mass is 32.2. The van der Waals surface area contributed by atoms with Crippen LogP contribution in [-0.4, -0.2) is 27.9 Å². The molecule has 132 valence electrons. The second-order valence-corrected chi connectivity index (χ2v) is 7.44. The summed E-state index contributed by atoms with van der Waals surface area (Å²) in [5, 5.41) is 11.2. The number of benzene rings is 1. The van der Waals surface area contributed by atoms with Gasteiger partial charge < -0.3 is 9.73 Å². The summed E-state index contributed by atoms with van der Waals surface area (Å²) >= 11 is 1.29. The van der Waals surface area contributed by atoms with Gasteiger partial charge in [-0.2, -0.15) is 0 Å². The maximum absolute atomic E-state index is 12.2. The third kappa shape index (κ3) is 5.19. The number of rotatable bonds is 7. The summed E-state index contributed by atoms with van der Waals surface area (Å²) in [4.78, 5) is 12.2. The van der Waals surface area contributed by atoms with Crippen molar-refractivity contribution in [3.8, 4) is 11.5 Å². The Kier molecular flexibility index (Phi) is 6.28. The molecule has 1 atom stereocenters. The summed E-state index contributed by atoms with van der Waals surface area (Å²) in [5.74, 6) is 0.473. The van der Waals surface area contributed by atoms with Gasteiger partial charge in [-0.05, 0) is 51.2 Å². The predicted octanol–water partition coefficient (Wildman–Crippen LogP) is 4.22. The molecule has 0 spiro atoms. The normalized spacial score (nSPS) is 15.5. The first-order valence-electron chi connectivity index (χ1n) is 8.73. The summed E-state index contributed by atoms with van der Waals surface area (Å²) in [6.07, 6.45) is 8.17. The molecule has 0 aliphatic heterocycles. The third-order valence-electron chi connectivity index (χ3n) is 4.20. The van der Waals surface area contributed by atoms with Crippen LogP contribution in [0, 0.1) is 0 Å². The summed E-state index contributed by atoms with van der Waals surface area (Å²) in [6.45, 7) is 2.54. The van der Waals surface area contributed by atoms with Crippen LogP contribution in [0.15, 0.2) is 51.6 Å². The highest BCUT2D eigenvalue weighted by Gasteiger charge is 2.18. The number of hydrogen-bond donors (Lipinski definition) is 1. The average Bonchev–Trinajstić information content (AvgIpc) is 3.12. The lowest BCUT2D eigenvalue weighted by atomic mass is 9.97. The Morgan fingerprint density at radius 1 is 1.28 bits per heavy atom. The molecule has 25 heavy (non-hydrogen) atoms. The minimum atomic E-state index is -0.274. The fraction of sp³-hybridized carbons (Fsp3) is 0.421. The van der Waals surface area contributed by atoms with E-state index in [-0.39, 0.29) is 11.2 Å². The lowest BCUT2D eigenvalue weighted by Gasteiger charge is -2.14. The second kappa shape index (κ2) is 8.85. The SMILES string of the molecule is C[C@H](Sc1nnc(-c2ccccc2)o1)C(=O)NCCC1=CCCCC1.